The van der Waals surface area contributed by atoms with Crippen molar-refractivity contribution in [3.63, 3.8) is 0 Å². The fraction of sp³-hybridized carbons (Fsp3) is 0.0714. The first-order valence-corrected chi connectivity index (χ1v) is 43.9. The van der Waals surface area contributed by atoms with Crippen LogP contribution in [0.4, 0.5) is 34.3 Å². The topological polar surface area (TPSA) is 280 Å². The number of aromatic nitrogens is 4. The van der Waals surface area contributed by atoms with Gasteiger partial charge in [-0.05, 0) is 173 Å². The van der Waals surface area contributed by atoms with Gasteiger partial charge in [0.15, 0.2) is 23.2 Å². The van der Waals surface area contributed by atoms with Crippen molar-refractivity contribution in [3.8, 4) is 0 Å². The molecule has 13 aromatic rings. The summed E-state index contributed by atoms with van der Waals surface area (Å²) >= 11 is 40.5. The van der Waals surface area contributed by atoms with Gasteiger partial charge in [0.1, 0.15) is 30.2 Å². The molecular formula is C84H54Cl6N10O13P2S2. The standard InChI is InChI=1S/C84H54Cl6N10O13P2S2/c85-64-38-58-59(39-65(64)86)78(103)98(77(58)102)53-32-26-48(27-33-53)84(49-28-34-54(35-29-49)99-79(104)60-40-66(87)67(88)41-61(60)80(99)105,50-30-36-55(37-31-50)100-81(106)62-42-68(89)69(90)43-63(62)82(100)107)110-44-70-72(112-114(108,95-51-18-8-2-9-19-51)96-52-20-10-3-11-21-52)73(113-115(109,116-56-22-12-4-13-23-56)117-57-24-14-5-15-25-57)83(111-70)97-46-93-71-74(91-45-92-75(71)97)94-76(101)47-16-6-1-7-17-47/h1-43,45-46,70,72-73,83H,44H2,(H2,95,96,108)(H,91,92,94,101)/t70-,72-,73-,83-/m1/s1. The Bertz CT molecular complexity index is 5780. The molecule has 4 aliphatic heterocycles. The first kappa shape index (κ1) is 78.7. The Labute approximate surface area is 703 Å². The van der Waals surface area contributed by atoms with Gasteiger partial charge in [0.25, 0.3) is 41.4 Å². The van der Waals surface area contributed by atoms with Crippen LogP contribution in [0, 0.1) is 0 Å². The van der Waals surface area contributed by atoms with Gasteiger partial charge in [0.05, 0.1) is 93.5 Å². The van der Waals surface area contributed by atoms with Gasteiger partial charge in [0.2, 0.25) is 0 Å². The zero-order valence-electron chi connectivity index (χ0n) is 59.9. The second-order valence-corrected chi connectivity index (χ2v) is 38.0. The minimum Gasteiger partial charge on any atom is -0.358 e. The van der Waals surface area contributed by atoms with E-state index in [2.05, 4.69) is 20.5 Å². The zero-order chi connectivity index (χ0) is 81.2. The molecule has 1 fully saturated rings. The van der Waals surface area contributed by atoms with Gasteiger partial charge in [-0.25, -0.2) is 34.2 Å². The van der Waals surface area contributed by atoms with Crippen molar-refractivity contribution in [2.24, 2.45) is 0 Å². The molecule has 0 spiro atoms. The van der Waals surface area contributed by atoms with E-state index in [1.54, 1.807) is 188 Å². The maximum absolute atomic E-state index is 16.8. The number of imide groups is 3. The molecule has 0 aliphatic carbocycles. The van der Waals surface area contributed by atoms with Gasteiger partial charge in [-0.1, -0.05) is 197 Å². The summed E-state index contributed by atoms with van der Waals surface area (Å²) in [5, 5.41) is 9.32. The number of para-hydroxylation sites is 2. The summed E-state index contributed by atoms with van der Waals surface area (Å²) < 4.78 is 65.1. The van der Waals surface area contributed by atoms with Crippen molar-refractivity contribution in [1.82, 2.24) is 19.5 Å². The minimum atomic E-state index is -4.73. The second-order valence-electron chi connectivity index (χ2n) is 26.7. The monoisotopic (exact) mass is 1750 g/mol. The highest BCUT2D eigenvalue weighted by atomic mass is 35.5. The molecule has 117 heavy (non-hydrogen) atoms. The van der Waals surface area contributed by atoms with Crippen LogP contribution in [0.3, 0.4) is 0 Å². The molecule has 4 atom stereocenters. The number of hydrogen-bond donors (Lipinski definition) is 3. The van der Waals surface area contributed by atoms with E-state index in [-0.39, 0.29) is 114 Å². The predicted octanol–water partition coefficient (Wildman–Crippen LogP) is 21.1. The van der Waals surface area contributed by atoms with Gasteiger partial charge in [-0.15, -0.1) is 0 Å². The Kier molecular flexibility index (Phi) is 21.7. The molecule has 7 amide bonds. The Morgan fingerprint density at radius 1 is 0.444 bits per heavy atom. The lowest BCUT2D eigenvalue weighted by molar-refractivity contribution is -0.0914. The number of benzene rings is 11. The van der Waals surface area contributed by atoms with E-state index in [9.17, 15) is 33.6 Å². The van der Waals surface area contributed by atoms with Gasteiger partial charge in [-0.2, -0.15) is 0 Å². The SMILES string of the molecule is O=C(Nc1ncnc2c1ncn2[C@@H]1O[C@H](COC(c2ccc(N3C(=O)c4cc(Cl)c(Cl)cc4C3=O)cc2)(c2ccc(N3C(=O)c4cc(Cl)c(Cl)cc4C3=O)cc2)c2ccc(N3C(=O)c4cc(Cl)c(Cl)cc4C3=O)cc2)[C@@H](OP(=O)(Nc2ccccc2)Nc2ccccc2)[C@H]1OP(=O)(Sc1ccccc1)Sc1ccccc1)c1ccccc1. The number of nitrogens with one attached hydrogen (secondary N) is 3. The number of ether oxygens (including phenoxy) is 2. The molecule has 11 aromatic carbocycles. The molecule has 17 rings (SSSR count). The molecule has 0 unspecified atom stereocenters. The summed E-state index contributed by atoms with van der Waals surface area (Å²) in [5.74, 6) is -9.26. The molecule has 0 radical (unpaired) electrons. The molecule has 1 saturated heterocycles. The highest BCUT2D eigenvalue weighted by Crippen LogP contribution is 2.76. The third kappa shape index (κ3) is 15.1. The summed E-state index contributed by atoms with van der Waals surface area (Å²) in [4.78, 5) is 119. The van der Waals surface area contributed by atoms with Crippen molar-refractivity contribution in [2.45, 2.75) is 39.9 Å². The van der Waals surface area contributed by atoms with Crippen LogP contribution in [0.2, 0.25) is 30.1 Å². The molecule has 4 aliphatic rings. The van der Waals surface area contributed by atoms with Crippen molar-refractivity contribution in [3.05, 3.63) is 359 Å². The van der Waals surface area contributed by atoms with Crippen molar-refractivity contribution in [1.29, 1.82) is 0 Å². The maximum Gasteiger partial charge on any atom is 0.392 e. The van der Waals surface area contributed by atoms with Crippen LogP contribution < -0.4 is 30.2 Å². The van der Waals surface area contributed by atoms with E-state index in [4.69, 9.17) is 98.1 Å². The fourth-order valence-corrected chi connectivity index (χ4v) is 23.7. The average Bonchev–Trinajstić information content (AvgIpc) is 1.24. The highest BCUT2D eigenvalue weighted by molar-refractivity contribution is 8.89. The van der Waals surface area contributed by atoms with Gasteiger partial charge < -0.3 is 19.3 Å². The molecule has 33 heteroatoms. The molecule has 582 valence electrons. The third-order valence-corrected chi connectivity index (χ3v) is 29.8. The number of halogens is 6. The Balaban J connectivity index is 0.870. The Morgan fingerprint density at radius 2 is 0.803 bits per heavy atom. The van der Waals surface area contributed by atoms with E-state index in [0.717, 1.165) is 37.5 Å². The smallest absolute Gasteiger partial charge is 0.358 e. The number of carbonyl (C=O) groups excluding carboxylic acids is 7. The average molecular weight is 1750 g/mol. The highest BCUT2D eigenvalue weighted by Gasteiger charge is 2.56. The second kappa shape index (κ2) is 32.2. The largest absolute Gasteiger partial charge is 0.392 e. The van der Waals surface area contributed by atoms with Gasteiger partial charge in [-0.3, -0.25) is 57.4 Å². The quantitative estimate of drug-likeness (QED) is 0.0288. The van der Waals surface area contributed by atoms with Crippen LogP contribution in [-0.4, -0.2) is 85.8 Å². The number of carbonyl (C=O) groups is 7. The van der Waals surface area contributed by atoms with E-state index in [0.29, 0.717) is 26.7 Å². The molecule has 3 N–H and O–H groups in total. The van der Waals surface area contributed by atoms with Gasteiger partial charge >= 0.3 is 13.4 Å². The number of nitrogens with zero attached hydrogens (tertiary/aromatic N) is 7. The van der Waals surface area contributed by atoms with E-state index >= 15 is 9.13 Å². The Hall–Kier alpha value is -10.8. The first-order chi connectivity index (χ1) is 56.5. The summed E-state index contributed by atoms with van der Waals surface area (Å²) in [6.45, 7) is -0.690. The summed E-state index contributed by atoms with van der Waals surface area (Å²) in [5.41, 5.74) is -0.265. The number of rotatable bonds is 24. The van der Waals surface area contributed by atoms with Crippen molar-refractivity contribution in [2.75, 3.05) is 36.8 Å². The lowest BCUT2D eigenvalue weighted by Gasteiger charge is -2.38. The van der Waals surface area contributed by atoms with Crippen LogP contribution >= 0.6 is 106 Å². The molecule has 0 bridgehead atoms. The normalized spacial score (nSPS) is 16.6. The summed E-state index contributed by atoms with van der Waals surface area (Å²) in [6, 6.07) is 69.7. The molecule has 0 saturated carbocycles. The predicted molar refractivity (Wildman–Crippen MR) is 451 cm³/mol. The first-order valence-electron chi connectivity index (χ1n) is 35.5. The minimum absolute atomic E-state index is 0.0115. The molecule has 2 aromatic heterocycles. The molecule has 6 heterocycles. The van der Waals surface area contributed by atoms with E-state index < -0.39 is 91.5 Å². The van der Waals surface area contributed by atoms with Crippen molar-refractivity contribution < 1.29 is 61.2 Å². The number of anilines is 6. The lowest BCUT2D eigenvalue weighted by Crippen LogP contribution is -2.41. The van der Waals surface area contributed by atoms with Crippen LogP contribution in [0.5, 0.6) is 0 Å². The van der Waals surface area contributed by atoms with E-state index in [1.165, 1.54) is 90.0 Å². The molecular weight excluding hydrogens is 1700 g/mol. The fourth-order valence-electron chi connectivity index (χ4n) is 14.2. The maximum atomic E-state index is 16.8. The zero-order valence-corrected chi connectivity index (χ0v) is 67.9. The van der Waals surface area contributed by atoms with Crippen LogP contribution in [-0.2, 0) is 33.3 Å². The van der Waals surface area contributed by atoms with Crippen LogP contribution in [0.15, 0.2) is 283 Å². The van der Waals surface area contributed by atoms with Crippen LogP contribution in [0.1, 0.15) is 95.4 Å². The number of hydrogen-bond acceptors (Lipinski definition) is 18. The Morgan fingerprint density at radius 3 is 1.18 bits per heavy atom. The molecule has 23 nitrogen and oxygen atoms in total. The summed E-state index contributed by atoms with van der Waals surface area (Å²) in [6.07, 6.45) is -4.04. The number of fused-ring (bicyclic) bond motifs is 4. The summed E-state index contributed by atoms with van der Waals surface area (Å²) in [7, 11) is -4.73. The van der Waals surface area contributed by atoms with Crippen molar-refractivity contribution >= 4 is 193 Å². The van der Waals surface area contributed by atoms with Gasteiger partial charge in [0, 0.05) is 26.7 Å². The van der Waals surface area contributed by atoms with E-state index in [1.807, 2.05) is 0 Å². The lowest BCUT2D eigenvalue weighted by atomic mass is 9.79. The van der Waals surface area contributed by atoms with Crippen LogP contribution in [0.25, 0.3) is 11.2 Å². The number of amides is 7. The third-order valence-electron chi connectivity index (χ3n) is 19.6. The number of imidazole rings is 1.